The number of hydrogen-bond acceptors (Lipinski definition) is 4. The molecule has 24 heavy (non-hydrogen) atoms. The van der Waals surface area contributed by atoms with Gasteiger partial charge in [0.05, 0.1) is 16.1 Å². The average Bonchev–Trinajstić information content (AvgIpc) is 3.05. The number of nitrogens with one attached hydrogen (secondary N) is 1. The first-order valence-corrected chi connectivity index (χ1v) is 8.51. The van der Waals surface area contributed by atoms with Gasteiger partial charge in [-0.25, -0.2) is 0 Å². The van der Waals surface area contributed by atoms with Gasteiger partial charge in [0.1, 0.15) is 0 Å². The van der Waals surface area contributed by atoms with E-state index in [-0.39, 0.29) is 0 Å². The molecule has 0 radical (unpaired) electrons. The topological polar surface area (TPSA) is 42.0 Å². The molecule has 3 nitrogen and oxygen atoms in total. The number of para-hydroxylation sites is 1. The van der Waals surface area contributed by atoms with Crippen LogP contribution in [0.5, 0.6) is 0 Å². The number of aldehydes is 1. The molecule has 0 atom stereocenters. The van der Waals surface area contributed by atoms with Crippen molar-refractivity contribution in [2.45, 2.75) is 6.92 Å². The van der Waals surface area contributed by atoms with E-state index in [4.69, 9.17) is 0 Å². The number of pyridine rings is 1. The number of carbonyl (C=O) groups is 1. The first kappa shape index (κ1) is 16.1. The Morgan fingerprint density at radius 2 is 1.79 bits per heavy atom. The first-order valence-electron chi connectivity index (χ1n) is 7.69. The standard InChI is InChI=1S/C11H12N2.C9H6OS/c1-8-6-7-9-4-3-5-10(12-2)11(9)13-8;10-6-8-5-7-3-1-2-4-9(7)11-8/h3-7,12H,1-2H3;1-6H. The van der Waals surface area contributed by atoms with E-state index in [0.717, 1.165) is 33.4 Å². The summed E-state index contributed by atoms with van der Waals surface area (Å²) in [7, 11) is 1.92. The fourth-order valence-corrected chi connectivity index (χ4v) is 3.39. The van der Waals surface area contributed by atoms with Crippen LogP contribution < -0.4 is 5.32 Å². The van der Waals surface area contributed by atoms with Crippen molar-refractivity contribution in [3.05, 3.63) is 71.2 Å². The third-order valence-corrected chi connectivity index (χ3v) is 4.73. The Kier molecular flexibility index (Phi) is 4.87. The van der Waals surface area contributed by atoms with Gasteiger partial charge in [-0.05, 0) is 36.6 Å². The molecule has 120 valence electrons. The van der Waals surface area contributed by atoms with Crippen molar-refractivity contribution < 1.29 is 4.79 Å². The van der Waals surface area contributed by atoms with E-state index in [9.17, 15) is 4.79 Å². The van der Waals surface area contributed by atoms with Crippen molar-refractivity contribution in [2.75, 3.05) is 12.4 Å². The van der Waals surface area contributed by atoms with Crippen LogP contribution in [-0.4, -0.2) is 18.3 Å². The lowest BCUT2D eigenvalue weighted by Gasteiger charge is -2.04. The van der Waals surface area contributed by atoms with Crippen molar-refractivity contribution in [3.8, 4) is 0 Å². The van der Waals surface area contributed by atoms with Crippen molar-refractivity contribution >= 4 is 44.3 Å². The van der Waals surface area contributed by atoms with Gasteiger partial charge in [0.2, 0.25) is 0 Å². The maximum Gasteiger partial charge on any atom is 0.160 e. The average molecular weight is 334 g/mol. The first-order chi connectivity index (χ1) is 11.7. The Bertz CT molecular complexity index is 958. The molecule has 2 aromatic heterocycles. The number of aromatic nitrogens is 1. The van der Waals surface area contributed by atoms with Crippen LogP contribution in [0.1, 0.15) is 15.4 Å². The third kappa shape index (κ3) is 3.44. The highest BCUT2D eigenvalue weighted by Crippen LogP contribution is 2.23. The predicted octanol–water partition coefficient (Wildman–Crippen LogP) is 5.30. The number of rotatable bonds is 2. The minimum Gasteiger partial charge on any atom is -0.386 e. The number of carbonyl (C=O) groups excluding carboxylic acids is 1. The molecule has 4 heteroatoms. The summed E-state index contributed by atoms with van der Waals surface area (Å²) >= 11 is 1.53. The smallest absolute Gasteiger partial charge is 0.160 e. The van der Waals surface area contributed by atoms with Gasteiger partial charge in [-0.3, -0.25) is 9.78 Å². The summed E-state index contributed by atoms with van der Waals surface area (Å²) in [5.41, 5.74) is 3.18. The lowest BCUT2D eigenvalue weighted by molar-refractivity contribution is 0.112. The second kappa shape index (κ2) is 7.23. The van der Waals surface area contributed by atoms with Crippen LogP contribution in [0.3, 0.4) is 0 Å². The van der Waals surface area contributed by atoms with E-state index < -0.39 is 0 Å². The van der Waals surface area contributed by atoms with E-state index in [2.05, 4.69) is 22.4 Å². The summed E-state index contributed by atoms with van der Waals surface area (Å²) in [6.07, 6.45) is 0.894. The zero-order valence-electron chi connectivity index (χ0n) is 13.6. The molecular weight excluding hydrogens is 316 g/mol. The maximum atomic E-state index is 10.4. The largest absolute Gasteiger partial charge is 0.386 e. The van der Waals surface area contributed by atoms with Crippen LogP contribution in [0, 0.1) is 6.92 Å². The molecule has 0 aliphatic rings. The zero-order valence-corrected chi connectivity index (χ0v) is 14.4. The number of anilines is 1. The van der Waals surface area contributed by atoms with Gasteiger partial charge in [0.15, 0.2) is 6.29 Å². The van der Waals surface area contributed by atoms with Crippen LogP contribution in [0.4, 0.5) is 5.69 Å². The molecule has 0 unspecified atom stereocenters. The highest BCUT2D eigenvalue weighted by molar-refractivity contribution is 7.20. The van der Waals surface area contributed by atoms with Crippen molar-refractivity contribution in [2.24, 2.45) is 0 Å². The fourth-order valence-electron chi connectivity index (χ4n) is 2.51. The number of aryl methyl sites for hydroxylation is 1. The Balaban J connectivity index is 0.000000143. The number of benzene rings is 2. The Morgan fingerprint density at radius 1 is 1.00 bits per heavy atom. The molecule has 0 amide bonds. The molecule has 4 aromatic rings. The molecule has 1 N–H and O–H groups in total. The number of thiophene rings is 1. The second-order valence-corrected chi connectivity index (χ2v) is 6.50. The van der Waals surface area contributed by atoms with E-state index in [1.165, 1.54) is 21.4 Å². The Morgan fingerprint density at radius 3 is 2.54 bits per heavy atom. The summed E-state index contributed by atoms with van der Waals surface area (Å²) < 4.78 is 1.18. The van der Waals surface area contributed by atoms with Crippen molar-refractivity contribution in [1.29, 1.82) is 0 Å². The maximum absolute atomic E-state index is 10.4. The number of fused-ring (bicyclic) bond motifs is 2. The van der Waals surface area contributed by atoms with E-state index in [1.54, 1.807) is 0 Å². The highest BCUT2D eigenvalue weighted by Gasteiger charge is 1.99. The Labute approximate surface area is 145 Å². The van der Waals surface area contributed by atoms with Crippen LogP contribution in [0.2, 0.25) is 0 Å². The lowest BCUT2D eigenvalue weighted by atomic mass is 10.2. The zero-order chi connectivity index (χ0) is 16.9. The monoisotopic (exact) mass is 334 g/mol. The summed E-state index contributed by atoms with van der Waals surface area (Å²) in [6.45, 7) is 2.01. The van der Waals surface area contributed by atoms with Gasteiger partial charge in [-0.1, -0.05) is 36.4 Å². The van der Waals surface area contributed by atoms with Crippen molar-refractivity contribution in [3.63, 3.8) is 0 Å². The molecule has 0 aliphatic heterocycles. The van der Waals surface area contributed by atoms with Gasteiger partial charge in [-0.15, -0.1) is 11.3 Å². The van der Waals surface area contributed by atoms with Crippen LogP contribution >= 0.6 is 11.3 Å². The molecule has 2 heterocycles. The van der Waals surface area contributed by atoms with Crippen molar-refractivity contribution in [1.82, 2.24) is 4.98 Å². The molecule has 0 spiro atoms. The van der Waals surface area contributed by atoms with Gasteiger partial charge in [0, 0.05) is 22.8 Å². The predicted molar refractivity (Wildman–Crippen MR) is 103 cm³/mol. The molecule has 4 rings (SSSR count). The van der Waals surface area contributed by atoms with Crippen LogP contribution in [0.25, 0.3) is 21.0 Å². The van der Waals surface area contributed by atoms with Gasteiger partial charge in [0.25, 0.3) is 0 Å². The summed E-state index contributed by atoms with van der Waals surface area (Å²) in [5.74, 6) is 0. The second-order valence-electron chi connectivity index (χ2n) is 5.38. The molecule has 0 fully saturated rings. The Hall–Kier alpha value is -2.72. The molecule has 0 bridgehead atoms. The minimum absolute atomic E-state index is 0.797. The highest BCUT2D eigenvalue weighted by atomic mass is 32.1. The van der Waals surface area contributed by atoms with E-state index in [0.29, 0.717) is 0 Å². The van der Waals surface area contributed by atoms with Gasteiger partial charge in [-0.2, -0.15) is 0 Å². The van der Waals surface area contributed by atoms with Gasteiger partial charge < -0.3 is 5.32 Å². The van der Waals surface area contributed by atoms with Crippen LogP contribution in [-0.2, 0) is 0 Å². The number of nitrogens with zero attached hydrogens (tertiary/aromatic N) is 1. The van der Waals surface area contributed by atoms with Gasteiger partial charge >= 0.3 is 0 Å². The summed E-state index contributed by atoms with van der Waals surface area (Å²) in [4.78, 5) is 15.7. The molecule has 2 aromatic carbocycles. The lowest BCUT2D eigenvalue weighted by Crippen LogP contribution is -1.92. The van der Waals surface area contributed by atoms with E-state index in [1.807, 2.05) is 62.5 Å². The normalized spacial score (nSPS) is 10.2. The molecule has 0 aliphatic carbocycles. The number of hydrogen-bond donors (Lipinski definition) is 1. The molecule has 0 saturated carbocycles. The summed E-state index contributed by atoms with van der Waals surface area (Å²) in [5, 5.41) is 5.47. The molecule has 0 saturated heterocycles. The fraction of sp³-hybridized carbons (Fsp3) is 0.100. The van der Waals surface area contributed by atoms with Crippen LogP contribution in [0.15, 0.2) is 60.7 Å². The quantitative estimate of drug-likeness (QED) is 0.506. The third-order valence-electron chi connectivity index (χ3n) is 3.69. The minimum atomic E-state index is 0.797. The molecular formula is C20H18N2OS. The van der Waals surface area contributed by atoms with E-state index >= 15 is 0 Å². The SMILES string of the molecule is CNc1cccc2ccc(C)nc12.O=Cc1cc2ccccc2s1. The summed E-state index contributed by atoms with van der Waals surface area (Å²) in [6, 6.07) is 20.2.